The molecule has 2 aromatic rings. The molecule has 0 unspecified atom stereocenters. The smallest absolute Gasteiger partial charge is 0.233 e. The Kier molecular flexibility index (Phi) is 2.95. The lowest BCUT2D eigenvalue weighted by Gasteiger charge is -2.16. The third kappa shape index (κ3) is 1.93. The Labute approximate surface area is 116 Å². The van der Waals surface area contributed by atoms with E-state index in [4.69, 9.17) is 4.74 Å². The highest BCUT2D eigenvalue weighted by molar-refractivity contribution is 6.51. The first-order valence-corrected chi connectivity index (χ1v) is 6.25. The third-order valence-corrected chi connectivity index (χ3v) is 3.34. The first-order valence-electron chi connectivity index (χ1n) is 6.25. The molecule has 0 heterocycles. The van der Waals surface area contributed by atoms with Gasteiger partial charge in [-0.25, -0.2) is 0 Å². The molecule has 1 aliphatic carbocycles. The van der Waals surface area contributed by atoms with E-state index in [2.05, 4.69) is 0 Å². The van der Waals surface area contributed by atoms with Crippen molar-refractivity contribution in [3.05, 3.63) is 71.3 Å². The summed E-state index contributed by atoms with van der Waals surface area (Å²) in [6.45, 7) is 0. The van der Waals surface area contributed by atoms with E-state index >= 15 is 0 Å². The first-order chi connectivity index (χ1) is 9.70. The van der Waals surface area contributed by atoms with Gasteiger partial charge in [0.25, 0.3) is 0 Å². The minimum Gasteiger partial charge on any atom is -0.497 e. The van der Waals surface area contributed by atoms with Crippen LogP contribution in [0.2, 0.25) is 0 Å². The van der Waals surface area contributed by atoms with E-state index in [9.17, 15) is 9.59 Å². The maximum Gasteiger partial charge on any atom is 0.233 e. The molecule has 3 nitrogen and oxygen atoms in total. The predicted octanol–water partition coefficient (Wildman–Crippen LogP) is 2.89. The minimum absolute atomic E-state index is 0.452. The molecule has 0 aliphatic heterocycles. The molecule has 3 heteroatoms. The quantitative estimate of drug-likeness (QED) is 0.783. The molecule has 0 N–H and O–H groups in total. The summed E-state index contributed by atoms with van der Waals surface area (Å²) in [6.07, 6.45) is 1.40. The molecule has 0 radical (unpaired) electrons. The Morgan fingerprint density at radius 3 is 2.40 bits per heavy atom. The number of hydrogen-bond donors (Lipinski definition) is 0. The molecule has 3 rings (SSSR count). The maximum atomic E-state index is 11.9. The molecule has 0 bridgehead atoms. The normalized spacial score (nSPS) is 13.8. The van der Waals surface area contributed by atoms with E-state index in [1.54, 1.807) is 19.2 Å². The van der Waals surface area contributed by atoms with Crippen LogP contribution in [0, 0.1) is 0 Å². The van der Waals surface area contributed by atoms with Crippen molar-refractivity contribution in [3.63, 3.8) is 0 Å². The number of benzene rings is 2. The van der Waals surface area contributed by atoms with Gasteiger partial charge in [-0.1, -0.05) is 36.4 Å². The molecule has 0 saturated carbocycles. The van der Waals surface area contributed by atoms with Gasteiger partial charge >= 0.3 is 0 Å². The number of carbonyl (C=O) groups is 2. The number of ketones is 2. The van der Waals surface area contributed by atoms with Crippen LogP contribution < -0.4 is 4.74 Å². The van der Waals surface area contributed by atoms with Crippen LogP contribution >= 0.6 is 0 Å². The zero-order valence-corrected chi connectivity index (χ0v) is 10.9. The van der Waals surface area contributed by atoms with Gasteiger partial charge in [-0.2, -0.15) is 0 Å². The summed E-state index contributed by atoms with van der Waals surface area (Å²) in [5.41, 5.74) is 2.85. The van der Waals surface area contributed by atoms with E-state index in [0.29, 0.717) is 11.3 Å². The topological polar surface area (TPSA) is 43.4 Å². The molecule has 0 amide bonds. The summed E-state index contributed by atoms with van der Waals surface area (Å²) in [5, 5.41) is 0. The molecular weight excluding hydrogens is 252 g/mol. The Morgan fingerprint density at radius 1 is 0.900 bits per heavy atom. The molecule has 0 atom stereocenters. The summed E-state index contributed by atoms with van der Waals surface area (Å²) < 4.78 is 5.20. The Morgan fingerprint density at radius 2 is 1.65 bits per heavy atom. The van der Waals surface area contributed by atoms with Gasteiger partial charge in [0, 0.05) is 5.56 Å². The highest BCUT2D eigenvalue weighted by Crippen LogP contribution is 2.31. The van der Waals surface area contributed by atoms with Gasteiger partial charge in [0.2, 0.25) is 11.6 Å². The van der Waals surface area contributed by atoms with E-state index in [1.165, 1.54) is 6.08 Å². The second-order valence-electron chi connectivity index (χ2n) is 4.53. The Hall–Kier alpha value is -2.68. The summed E-state index contributed by atoms with van der Waals surface area (Å²) >= 11 is 0. The van der Waals surface area contributed by atoms with Gasteiger partial charge in [-0.3, -0.25) is 9.59 Å². The first kappa shape index (κ1) is 12.4. The molecular formula is C17H12O3. The largest absolute Gasteiger partial charge is 0.497 e. The van der Waals surface area contributed by atoms with Crippen molar-refractivity contribution in [2.45, 2.75) is 0 Å². The second kappa shape index (κ2) is 4.78. The molecule has 0 aromatic heterocycles. The number of ether oxygens (including phenoxy) is 1. The maximum absolute atomic E-state index is 11.9. The fourth-order valence-corrected chi connectivity index (χ4v) is 2.35. The van der Waals surface area contributed by atoms with Crippen molar-refractivity contribution in [1.82, 2.24) is 0 Å². The molecule has 0 spiro atoms. The van der Waals surface area contributed by atoms with Crippen molar-refractivity contribution in [1.29, 1.82) is 0 Å². The fraction of sp³-hybridized carbons (Fsp3) is 0.0588. The average Bonchev–Trinajstić information content (AvgIpc) is 2.51. The summed E-state index contributed by atoms with van der Waals surface area (Å²) in [6, 6.07) is 14.6. The van der Waals surface area contributed by atoms with Gasteiger partial charge in [0.1, 0.15) is 5.75 Å². The number of Topliss-reactive ketones (excluding diaryl/α,β-unsaturated/α-hetero) is 1. The number of hydrogen-bond acceptors (Lipinski definition) is 3. The van der Waals surface area contributed by atoms with Gasteiger partial charge < -0.3 is 4.74 Å². The van der Waals surface area contributed by atoms with Gasteiger partial charge in [-0.05, 0) is 34.9 Å². The highest BCUT2D eigenvalue weighted by Gasteiger charge is 2.25. The molecule has 0 saturated heterocycles. The Bertz CT molecular complexity index is 741. The lowest BCUT2D eigenvalue weighted by Crippen LogP contribution is -2.18. The summed E-state index contributed by atoms with van der Waals surface area (Å²) in [5.74, 6) is -0.223. The lowest BCUT2D eigenvalue weighted by atomic mass is 9.86. The van der Waals surface area contributed by atoms with E-state index in [-0.39, 0.29) is 0 Å². The number of allylic oxidation sites excluding steroid dienone is 1. The van der Waals surface area contributed by atoms with E-state index in [0.717, 1.165) is 16.7 Å². The number of rotatable bonds is 2. The van der Waals surface area contributed by atoms with Crippen molar-refractivity contribution >= 4 is 17.1 Å². The molecule has 0 fully saturated rings. The van der Waals surface area contributed by atoms with E-state index < -0.39 is 11.6 Å². The minimum atomic E-state index is -0.485. The monoisotopic (exact) mass is 264 g/mol. The molecule has 2 aromatic carbocycles. The second-order valence-corrected chi connectivity index (χ2v) is 4.53. The number of fused-ring (bicyclic) bond motifs is 1. The van der Waals surface area contributed by atoms with Crippen LogP contribution in [0.3, 0.4) is 0 Å². The number of carbonyl (C=O) groups excluding carboxylic acids is 2. The third-order valence-electron chi connectivity index (χ3n) is 3.34. The van der Waals surface area contributed by atoms with Crippen LogP contribution in [-0.2, 0) is 4.79 Å². The molecule has 1 aliphatic rings. The van der Waals surface area contributed by atoms with Crippen molar-refractivity contribution in [3.8, 4) is 5.75 Å². The van der Waals surface area contributed by atoms with Crippen LogP contribution in [0.1, 0.15) is 21.5 Å². The van der Waals surface area contributed by atoms with Crippen molar-refractivity contribution < 1.29 is 14.3 Å². The van der Waals surface area contributed by atoms with Crippen LogP contribution in [-0.4, -0.2) is 18.7 Å². The van der Waals surface area contributed by atoms with Crippen LogP contribution in [0.5, 0.6) is 5.75 Å². The van der Waals surface area contributed by atoms with Crippen LogP contribution in [0.15, 0.2) is 54.6 Å². The zero-order valence-electron chi connectivity index (χ0n) is 10.9. The van der Waals surface area contributed by atoms with E-state index in [1.807, 2.05) is 36.4 Å². The number of methoxy groups -OCH3 is 1. The van der Waals surface area contributed by atoms with Crippen molar-refractivity contribution in [2.75, 3.05) is 7.11 Å². The standard InChI is InChI=1S/C17H12O3/c1-20-12-6-4-5-11(9-12)15-10-16(18)17(19)14-8-3-2-7-13(14)15/h2-10H,1H3. The summed E-state index contributed by atoms with van der Waals surface area (Å²) in [4.78, 5) is 23.7. The fourth-order valence-electron chi connectivity index (χ4n) is 2.35. The summed E-state index contributed by atoms with van der Waals surface area (Å²) in [7, 11) is 1.59. The average molecular weight is 264 g/mol. The van der Waals surface area contributed by atoms with Crippen LogP contribution in [0.25, 0.3) is 5.57 Å². The SMILES string of the molecule is COc1cccc(C2=CC(=O)C(=O)c3ccccc32)c1. The van der Waals surface area contributed by atoms with Gasteiger partial charge in [0.05, 0.1) is 7.11 Å². The van der Waals surface area contributed by atoms with Crippen LogP contribution in [0.4, 0.5) is 0 Å². The van der Waals surface area contributed by atoms with Crippen molar-refractivity contribution in [2.24, 2.45) is 0 Å². The lowest BCUT2D eigenvalue weighted by molar-refractivity contribution is -0.111. The van der Waals surface area contributed by atoms with Gasteiger partial charge in [0.15, 0.2) is 0 Å². The predicted molar refractivity (Wildman–Crippen MR) is 75.9 cm³/mol. The molecule has 98 valence electrons. The Balaban J connectivity index is 2.20. The highest BCUT2D eigenvalue weighted by atomic mass is 16.5. The molecule has 20 heavy (non-hydrogen) atoms. The van der Waals surface area contributed by atoms with Gasteiger partial charge in [-0.15, -0.1) is 0 Å². The zero-order chi connectivity index (χ0) is 14.1.